The Morgan fingerprint density at radius 2 is 2.00 bits per heavy atom. The lowest BCUT2D eigenvalue weighted by Crippen LogP contribution is -2.28. The zero-order chi connectivity index (χ0) is 22.0. The molecule has 9 heteroatoms. The molecule has 0 fully saturated rings. The van der Waals surface area contributed by atoms with E-state index < -0.39 is 17.7 Å². The standard InChI is InChI=1S/C22H18F2N4O2S/c1-2-25-21(30)28-22-27-19-17(24)14(13-6-3-5-12(9-13)11-29)10-15(20(19)31-22)18-16(23)7-4-8-26-18/h3-10,29H,2,11H2,1H3,(H2,25,27,28,30). The summed E-state index contributed by atoms with van der Waals surface area (Å²) in [4.78, 5) is 20.3. The highest BCUT2D eigenvalue weighted by molar-refractivity contribution is 7.22. The number of amides is 2. The number of carbonyl (C=O) groups is 1. The average Bonchev–Trinajstić information content (AvgIpc) is 3.19. The molecular formula is C22H18F2N4O2S. The van der Waals surface area contributed by atoms with Crippen LogP contribution in [-0.2, 0) is 6.61 Å². The molecule has 2 aromatic heterocycles. The number of aliphatic hydroxyl groups is 1. The highest BCUT2D eigenvalue weighted by atomic mass is 32.1. The highest BCUT2D eigenvalue weighted by Crippen LogP contribution is 2.41. The van der Waals surface area contributed by atoms with Gasteiger partial charge < -0.3 is 10.4 Å². The maximum atomic E-state index is 15.5. The number of nitrogens with one attached hydrogen (secondary N) is 2. The molecule has 4 rings (SSSR count). The summed E-state index contributed by atoms with van der Waals surface area (Å²) in [5.41, 5.74) is 1.73. The van der Waals surface area contributed by atoms with E-state index in [1.54, 1.807) is 31.2 Å². The van der Waals surface area contributed by atoms with Crippen molar-refractivity contribution in [3.05, 3.63) is 65.9 Å². The second kappa shape index (κ2) is 8.75. The Bertz CT molecular complexity index is 1280. The first kappa shape index (κ1) is 20.8. The Balaban J connectivity index is 1.96. The molecule has 0 saturated carbocycles. The molecule has 0 aliphatic heterocycles. The summed E-state index contributed by atoms with van der Waals surface area (Å²) in [5.74, 6) is -1.16. The average molecular weight is 440 g/mol. The lowest BCUT2D eigenvalue weighted by molar-refractivity contribution is 0.252. The summed E-state index contributed by atoms with van der Waals surface area (Å²) in [5, 5.41) is 14.8. The summed E-state index contributed by atoms with van der Waals surface area (Å²) < 4.78 is 30.5. The van der Waals surface area contributed by atoms with Crippen molar-refractivity contribution in [1.82, 2.24) is 15.3 Å². The van der Waals surface area contributed by atoms with Crippen molar-refractivity contribution in [2.24, 2.45) is 0 Å². The summed E-state index contributed by atoms with van der Waals surface area (Å²) in [6.07, 6.45) is 1.45. The van der Waals surface area contributed by atoms with Gasteiger partial charge in [0.05, 0.1) is 11.3 Å². The number of aromatic nitrogens is 2. The van der Waals surface area contributed by atoms with Crippen LogP contribution in [0.2, 0.25) is 0 Å². The molecule has 3 N–H and O–H groups in total. The molecule has 0 saturated heterocycles. The van der Waals surface area contributed by atoms with E-state index in [9.17, 15) is 14.3 Å². The van der Waals surface area contributed by atoms with Crippen molar-refractivity contribution in [2.45, 2.75) is 13.5 Å². The van der Waals surface area contributed by atoms with Crippen LogP contribution in [0, 0.1) is 11.6 Å². The van der Waals surface area contributed by atoms with Gasteiger partial charge >= 0.3 is 6.03 Å². The minimum Gasteiger partial charge on any atom is -0.392 e. The fourth-order valence-corrected chi connectivity index (χ4v) is 4.19. The molecule has 2 aromatic carbocycles. The Kier molecular flexibility index (Phi) is 5.88. The van der Waals surface area contributed by atoms with Crippen LogP contribution in [0.3, 0.4) is 0 Å². The predicted octanol–water partition coefficient (Wildman–Crippen LogP) is 4.94. The number of anilines is 1. The summed E-state index contributed by atoms with van der Waals surface area (Å²) in [7, 11) is 0. The number of benzene rings is 2. The number of carbonyl (C=O) groups excluding carboxylic acids is 1. The molecule has 2 heterocycles. The number of aliphatic hydroxyl groups excluding tert-OH is 1. The second-order valence-electron chi connectivity index (χ2n) is 6.66. The van der Waals surface area contributed by atoms with Gasteiger partial charge in [-0.2, -0.15) is 0 Å². The van der Waals surface area contributed by atoms with Crippen molar-refractivity contribution in [3.63, 3.8) is 0 Å². The van der Waals surface area contributed by atoms with Crippen molar-refractivity contribution < 1.29 is 18.7 Å². The van der Waals surface area contributed by atoms with E-state index >= 15 is 4.39 Å². The highest BCUT2D eigenvalue weighted by Gasteiger charge is 2.22. The van der Waals surface area contributed by atoms with Gasteiger partial charge in [-0.1, -0.05) is 29.5 Å². The van der Waals surface area contributed by atoms with Crippen LogP contribution < -0.4 is 10.6 Å². The first-order valence-electron chi connectivity index (χ1n) is 9.50. The summed E-state index contributed by atoms with van der Waals surface area (Å²) in [6.45, 7) is 1.99. The number of rotatable bonds is 5. The smallest absolute Gasteiger partial charge is 0.321 e. The Morgan fingerprint density at radius 3 is 2.74 bits per heavy atom. The molecular weight excluding hydrogens is 422 g/mol. The Labute approximate surface area is 180 Å². The van der Waals surface area contributed by atoms with E-state index in [0.29, 0.717) is 27.9 Å². The molecule has 0 radical (unpaired) electrons. The number of hydrogen-bond acceptors (Lipinski definition) is 5. The normalized spacial score (nSPS) is 11.0. The van der Waals surface area contributed by atoms with E-state index in [-0.39, 0.29) is 28.5 Å². The molecule has 4 aromatic rings. The molecule has 0 spiro atoms. The maximum Gasteiger partial charge on any atom is 0.321 e. The fourth-order valence-electron chi connectivity index (χ4n) is 3.21. The fraction of sp³-hybridized carbons (Fsp3) is 0.136. The molecule has 6 nitrogen and oxygen atoms in total. The van der Waals surface area contributed by atoms with Gasteiger partial charge in [0.2, 0.25) is 0 Å². The Morgan fingerprint density at radius 1 is 1.16 bits per heavy atom. The number of thiazole rings is 1. The van der Waals surface area contributed by atoms with E-state index in [2.05, 4.69) is 20.6 Å². The van der Waals surface area contributed by atoms with Crippen molar-refractivity contribution in [2.75, 3.05) is 11.9 Å². The van der Waals surface area contributed by atoms with Gasteiger partial charge in [0.15, 0.2) is 10.9 Å². The van der Waals surface area contributed by atoms with Gasteiger partial charge in [0.25, 0.3) is 0 Å². The number of fused-ring (bicyclic) bond motifs is 1. The van der Waals surface area contributed by atoms with Crippen LogP contribution in [0.15, 0.2) is 48.7 Å². The first-order valence-corrected chi connectivity index (χ1v) is 10.3. The van der Waals surface area contributed by atoms with Crippen molar-refractivity contribution in [1.29, 1.82) is 0 Å². The van der Waals surface area contributed by atoms with E-state index in [0.717, 1.165) is 11.3 Å². The lowest BCUT2D eigenvalue weighted by Gasteiger charge is -2.10. The van der Waals surface area contributed by atoms with Gasteiger partial charge in [0, 0.05) is 23.9 Å². The van der Waals surface area contributed by atoms with Crippen LogP contribution in [0.5, 0.6) is 0 Å². The molecule has 2 amide bonds. The third kappa shape index (κ3) is 4.10. The van der Waals surface area contributed by atoms with E-state index in [1.165, 1.54) is 24.4 Å². The monoisotopic (exact) mass is 440 g/mol. The predicted molar refractivity (Wildman–Crippen MR) is 117 cm³/mol. The molecule has 31 heavy (non-hydrogen) atoms. The van der Waals surface area contributed by atoms with Crippen molar-refractivity contribution in [3.8, 4) is 22.4 Å². The Hall–Kier alpha value is -3.43. The molecule has 0 unspecified atom stereocenters. The summed E-state index contributed by atoms with van der Waals surface area (Å²) in [6, 6.07) is 10.6. The molecule has 0 atom stereocenters. The first-order chi connectivity index (χ1) is 15.0. The largest absolute Gasteiger partial charge is 0.392 e. The third-order valence-electron chi connectivity index (χ3n) is 4.60. The lowest BCUT2D eigenvalue weighted by atomic mass is 9.98. The van der Waals surface area contributed by atoms with Gasteiger partial charge in [-0.05, 0) is 42.3 Å². The number of urea groups is 1. The van der Waals surface area contributed by atoms with Gasteiger partial charge in [0.1, 0.15) is 17.0 Å². The van der Waals surface area contributed by atoms with Gasteiger partial charge in [-0.15, -0.1) is 0 Å². The van der Waals surface area contributed by atoms with Crippen LogP contribution >= 0.6 is 11.3 Å². The number of halogens is 2. The zero-order valence-electron chi connectivity index (χ0n) is 16.4. The van der Waals surface area contributed by atoms with Crippen molar-refractivity contribution >= 4 is 32.7 Å². The molecule has 0 bridgehead atoms. The van der Waals surface area contributed by atoms with Crippen LogP contribution in [-0.4, -0.2) is 27.7 Å². The maximum absolute atomic E-state index is 15.5. The quantitative estimate of drug-likeness (QED) is 0.410. The minimum atomic E-state index is -0.606. The molecule has 0 aliphatic carbocycles. The number of hydrogen-bond donors (Lipinski definition) is 3. The van der Waals surface area contributed by atoms with Crippen LogP contribution in [0.4, 0.5) is 18.7 Å². The molecule has 158 valence electrons. The SMILES string of the molecule is CCNC(=O)Nc1nc2c(F)c(-c3cccc(CO)c3)cc(-c3ncccc3F)c2s1. The van der Waals surface area contributed by atoms with E-state index in [4.69, 9.17) is 0 Å². The second-order valence-corrected chi connectivity index (χ2v) is 7.66. The third-order valence-corrected chi connectivity index (χ3v) is 5.60. The number of pyridine rings is 1. The van der Waals surface area contributed by atoms with E-state index in [1.807, 2.05) is 0 Å². The minimum absolute atomic E-state index is 0.00348. The van der Waals surface area contributed by atoms with Gasteiger partial charge in [-0.3, -0.25) is 10.3 Å². The zero-order valence-corrected chi connectivity index (χ0v) is 17.3. The molecule has 0 aliphatic rings. The number of nitrogens with zero attached hydrogens (tertiary/aromatic N) is 2. The van der Waals surface area contributed by atoms with Crippen LogP contribution in [0.25, 0.3) is 32.6 Å². The van der Waals surface area contributed by atoms with Crippen LogP contribution in [0.1, 0.15) is 12.5 Å². The van der Waals surface area contributed by atoms with Gasteiger partial charge in [-0.25, -0.2) is 18.6 Å². The summed E-state index contributed by atoms with van der Waals surface area (Å²) >= 11 is 1.04. The topological polar surface area (TPSA) is 87.1 Å².